The SMILES string of the molecule is Brc1c(C2CCC2)[nH]c2nccnc12. The van der Waals surface area contributed by atoms with Crippen LogP contribution < -0.4 is 0 Å². The molecule has 0 amide bonds. The van der Waals surface area contributed by atoms with E-state index in [9.17, 15) is 0 Å². The zero-order valence-corrected chi connectivity index (χ0v) is 9.21. The van der Waals surface area contributed by atoms with Gasteiger partial charge in [0.05, 0.1) is 4.47 Å². The molecule has 1 N–H and O–H groups in total. The van der Waals surface area contributed by atoms with Crippen molar-refractivity contribution in [1.29, 1.82) is 0 Å². The fourth-order valence-electron chi connectivity index (χ4n) is 1.88. The van der Waals surface area contributed by atoms with Gasteiger partial charge >= 0.3 is 0 Å². The van der Waals surface area contributed by atoms with E-state index in [0.717, 1.165) is 15.6 Å². The highest BCUT2D eigenvalue weighted by atomic mass is 79.9. The summed E-state index contributed by atoms with van der Waals surface area (Å²) in [6.45, 7) is 0. The van der Waals surface area contributed by atoms with Crippen LogP contribution in [-0.4, -0.2) is 15.0 Å². The quantitative estimate of drug-likeness (QED) is 0.847. The smallest absolute Gasteiger partial charge is 0.157 e. The Hall–Kier alpha value is -0.900. The van der Waals surface area contributed by atoms with Gasteiger partial charge in [0.15, 0.2) is 5.65 Å². The number of halogens is 1. The van der Waals surface area contributed by atoms with Gasteiger partial charge in [-0.3, -0.25) is 4.98 Å². The van der Waals surface area contributed by atoms with Crippen molar-refractivity contribution in [3.63, 3.8) is 0 Å². The standard InChI is InChI=1S/C10H10BrN3/c11-7-8(6-2-1-3-6)14-10-9(7)12-4-5-13-10/h4-6H,1-3H2,(H,13,14). The van der Waals surface area contributed by atoms with Crippen LogP contribution in [0.1, 0.15) is 30.9 Å². The number of nitrogens with one attached hydrogen (secondary N) is 1. The Morgan fingerprint density at radius 2 is 2.07 bits per heavy atom. The molecule has 4 heteroatoms. The Kier molecular flexibility index (Phi) is 1.83. The van der Waals surface area contributed by atoms with Crippen molar-refractivity contribution >= 4 is 27.1 Å². The number of aromatic nitrogens is 3. The molecule has 0 unspecified atom stereocenters. The minimum absolute atomic E-state index is 0.681. The van der Waals surface area contributed by atoms with E-state index >= 15 is 0 Å². The van der Waals surface area contributed by atoms with Gasteiger partial charge in [-0.05, 0) is 28.8 Å². The molecule has 1 aliphatic carbocycles. The topological polar surface area (TPSA) is 41.6 Å². The van der Waals surface area contributed by atoms with E-state index in [1.807, 2.05) is 0 Å². The van der Waals surface area contributed by atoms with Crippen molar-refractivity contribution in [1.82, 2.24) is 15.0 Å². The van der Waals surface area contributed by atoms with Crippen molar-refractivity contribution in [2.75, 3.05) is 0 Å². The van der Waals surface area contributed by atoms with E-state index < -0.39 is 0 Å². The molecular weight excluding hydrogens is 242 g/mol. The lowest BCUT2D eigenvalue weighted by atomic mass is 9.83. The molecule has 0 aliphatic heterocycles. The molecule has 0 spiro atoms. The number of hydrogen-bond donors (Lipinski definition) is 1. The number of hydrogen-bond acceptors (Lipinski definition) is 2. The lowest BCUT2D eigenvalue weighted by molar-refractivity contribution is 0.411. The fraction of sp³-hybridized carbons (Fsp3) is 0.400. The van der Waals surface area contributed by atoms with E-state index in [0.29, 0.717) is 5.92 Å². The third-order valence-electron chi connectivity index (χ3n) is 2.91. The van der Waals surface area contributed by atoms with Crippen LogP contribution in [0.4, 0.5) is 0 Å². The summed E-state index contributed by atoms with van der Waals surface area (Å²) >= 11 is 3.59. The third-order valence-corrected chi connectivity index (χ3v) is 3.71. The van der Waals surface area contributed by atoms with Gasteiger partial charge in [-0.2, -0.15) is 0 Å². The van der Waals surface area contributed by atoms with Crippen LogP contribution in [0.2, 0.25) is 0 Å². The van der Waals surface area contributed by atoms with Crippen LogP contribution >= 0.6 is 15.9 Å². The summed E-state index contributed by atoms with van der Waals surface area (Å²) in [6.07, 6.45) is 7.35. The summed E-state index contributed by atoms with van der Waals surface area (Å²) in [5.41, 5.74) is 3.12. The molecule has 0 radical (unpaired) electrons. The largest absolute Gasteiger partial charge is 0.341 e. The predicted octanol–water partition coefficient (Wildman–Crippen LogP) is 2.99. The molecule has 1 aliphatic rings. The van der Waals surface area contributed by atoms with Crippen molar-refractivity contribution < 1.29 is 0 Å². The van der Waals surface area contributed by atoms with Crippen molar-refractivity contribution in [3.8, 4) is 0 Å². The molecule has 1 fully saturated rings. The molecule has 0 atom stereocenters. The summed E-state index contributed by atoms with van der Waals surface area (Å²) < 4.78 is 1.10. The maximum atomic E-state index is 4.30. The monoisotopic (exact) mass is 251 g/mol. The van der Waals surface area contributed by atoms with E-state index in [1.165, 1.54) is 25.0 Å². The average Bonchev–Trinajstić information content (AvgIpc) is 2.43. The second-order valence-corrected chi connectivity index (χ2v) is 4.53. The minimum Gasteiger partial charge on any atom is -0.341 e. The Labute approximate surface area is 90.1 Å². The van der Waals surface area contributed by atoms with Gasteiger partial charge in [-0.25, -0.2) is 4.98 Å². The van der Waals surface area contributed by atoms with Gasteiger partial charge in [-0.15, -0.1) is 0 Å². The highest BCUT2D eigenvalue weighted by molar-refractivity contribution is 9.10. The van der Waals surface area contributed by atoms with E-state index in [2.05, 4.69) is 30.9 Å². The molecule has 0 bridgehead atoms. The molecule has 2 heterocycles. The van der Waals surface area contributed by atoms with Gasteiger partial charge in [-0.1, -0.05) is 6.42 Å². The zero-order valence-electron chi connectivity index (χ0n) is 7.63. The number of rotatable bonds is 1. The first kappa shape index (κ1) is 8.41. The van der Waals surface area contributed by atoms with Crippen molar-refractivity contribution in [2.24, 2.45) is 0 Å². The molecule has 2 aromatic heterocycles. The van der Waals surface area contributed by atoms with E-state index in [1.54, 1.807) is 12.4 Å². The summed E-state index contributed by atoms with van der Waals surface area (Å²) in [6, 6.07) is 0. The van der Waals surface area contributed by atoms with Gasteiger partial charge in [0, 0.05) is 24.0 Å². The minimum atomic E-state index is 0.681. The van der Waals surface area contributed by atoms with E-state index in [-0.39, 0.29) is 0 Å². The van der Waals surface area contributed by atoms with E-state index in [4.69, 9.17) is 0 Å². The Morgan fingerprint density at radius 1 is 1.29 bits per heavy atom. The van der Waals surface area contributed by atoms with Crippen LogP contribution in [0.25, 0.3) is 11.2 Å². The van der Waals surface area contributed by atoms with Crippen molar-refractivity contribution in [2.45, 2.75) is 25.2 Å². The van der Waals surface area contributed by atoms with Crippen LogP contribution in [0.5, 0.6) is 0 Å². The maximum absolute atomic E-state index is 4.30. The normalized spacial score (nSPS) is 17.2. The molecule has 0 saturated heterocycles. The first-order chi connectivity index (χ1) is 6.86. The molecule has 2 aromatic rings. The Balaban J connectivity index is 2.19. The molecular formula is C10H10BrN3. The second-order valence-electron chi connectivity index (χ2n) is 3.73. The zero-order chi connectivity index (χ0) is 9.54. The molecule has 72 valence electrons. The average molecular weight is 252 g/mol. The molecule has 1 saturated carbocycles. The lowest BCUT2D eigenvalue weighted by Crippen LogP contribution is -2.09. The van der Waals surface area contributed by atoms with Gasteiger partial charge < -0.3 is 4.98 Å². The third kappa shape index (κ3) is 1.10. The van der Waals surface area contributed by atoms with Gasteiger partial charge in [0.1, 0.15) is 5.52 Å². The summed E-state index contributed by atoms with van der Waals surface area (Å²) in [4.78, 5) is 11.9. The second kappa shape index (κ2) is 3.05. The molecule has 3 nitrogen and oxygen atoms in total. The Morgan fingerprint density at radius 3 is 2.71 bits per heavy atom. The van der Waals surface area contributed by atoms with Crippen LogP contribution in [0.3, 0.4) is 0 Å². The van der Waals surface area contributed by atoms with Crippen molar-refractivity contribution in [3.05, 3.63) is 22.6 Å². The number of aromatic amines is 1. The van der Waals surface area contributed by atoms with Crippen LogP contribution in [0.15, 0.2) is 16.9 Å². The van der Waals surface area contributed by atoms with Crippen LogP contribution in [-0.2, 0) is 0 Å². The fourth-order valence-corrected chi connectivity index (χ4v) is 2.59. The first-order valence-electron chi connectivity index (χ1n) is 4.84. The summed E-state index contributed by atoms with van der Waals surface area (Å²) in [7, 11) is 0. The first-order valence-corrected chi connectivity index (χ1v) is 5.63. The highest BCUT2D eigenvalue weighted by Crippen LogP contribution is 2.41. The number of nitrogens with zero attached hydrogens (tertiary/aromatic N) is 2. The highest BCUT2D eigenvalue weighted by Gasteiger charge is 2.24. The maximum Gasteiger partial charge on any atom is 0.157 e. The van der Waals surface area contributed by atoms with Gasteiger partial charge in [0.25, 0.3) is 0 Å². The molecule has 3 rings (SSSR count). The lowest BCUT2D eigenvalue weighted by Gasteiger charge is -2.24. The van der Waals surface area contributed by atoms with Crippen LogP contribution in [0, 0.1) is 0 Å². The predicted molar refractivity (Wildman–Crippen MR) is 58.2 cm³/mol. The Bertz CT molecular complexity index is 473. The summed E-state index contributed by atoms with van der Waals surface area (Å²) in [5, 5.41) is 0. The number of fused-ring (bicyclic) bond motifs is 1. The molecule has 0 aromatic carbocycles. The number of H-pyrrole nitrogens is 1. The van der Waals surface area contributed by atoms with Gasteiger partial charge in [0.2, 0.25) is 0 Å². The molecule has 14 heavy (non-hydrogen) atoms. The summed E-state index contributed by atoms with van der Waals surface area (Å²) in [5.74, 6) is 0.681.